The first-order valence-electron chi connectivity index (χ1n) is 20.6. The maximum atomic E-state index is 6.77. The van der Waals surface area contributed by atoms with E-state index in [2.05, 4.69) is 221 Å². The number of ether oxygens (including phenoxy) is 1. The van der Waals surface area contributed by atoms with Gasteiger partial charge in [-0.2, -0.15) is 0 Å². The van der Waals surface area contributed by atoms with Gasteiger partial charge in [-0.05, 0) is 17.0 Å². The van der Waals surface area contributed by atoms with Gasteiger partial charge in [0.2, 0.25) is 0 Å². The summed E-state index contributed by atoms with van der Waals surface area (Å²) < 4.78 is 12.7. The van der Waals surface area contributed by atoms with Crippen LogP contribution in [-0.4, -0.2) is 20.7 Å². The zero-order valence-corrected chi connectivity index (χ0v) is 37.1. The van der Waals surface area contributed by atoms with Crippen LogP contribution in [0.25, 0.3) is 44.7 Å². The summed E-state index contributed by atoms with van der Waals surface area (Å²) in [7, 11) is 0. The van der Waals surface area contributed by atoms with E-state index in [1.54, 1.807) is 0 Å². The van der Waals surface area contributed by atoms with Crippen molar-refractivity contribution < 1.29 is 24.1 Å². The van der Waals surface area contributed by atoms with Gasteiger partial charge < -0.3 is 0 Å². The number of aromatic nitrogens is 3. The quantitative estimate of drug-likeness (QED) is 0.160. The molecular formula is C53H50N4OPt. The summed E-state index contributed by atoms with van der Waals surface area (Å²) in [4.78, 5) is 7.24. The summed E-state index contributed by atoms with van der Waals surface area (Å²) in [5, 5.41) is 0. The summed E-state index contributed by atoms with van der Waals surface area (Å²) in [5.74, 6) is 3.08. The molecule has 6 heteroatoms. The van der Waals surface area contributed by atoms with Gasteiger partial charge in [0, 0.05) is 6.20 Å². The molecular weight excluding hydrogens is 904 g/mol. The third-order valence-electron chi connectivity index (χ3n) is 12.0. The predicted molar refractivity (Wildman–Crippen MR) is 240 cm³/mol. The van der Waals surface area contributed by atoms with Gasteiger partial charge in [0.1, 0.15) is 0 Å². The maximum absolute atomic E-state index is 6.77. The van der Waals surface area contributed by atoms with Crippen LogP contribution in [-0.2, 0) is 31.2 Å². The number of hydrogen-bond donors (Lipinski definition) is 0. The van der Waals surface area contributed by atoms with Crippen molar-refractivity contribution in [1.29, 1.82) is 0 Å². The van der Waals surface area contributed by atoms with Gasteiger partial charge >= 0.3 is 310 Å². The minimum absolute atomic E-state index is 0.0342. The van der Waals surface area contributed by atoms with Crippen LogP contribution in [0.5, 0.6) is 11.5 Å². The van der Waals surface area contributed by atoms with Crippen molar-refractivity contribution in [2.75, 3.05) is 11.4 Å². The Bertz CT molecular complexity index is 2850. The average Bonchev–Trinajstić information content (AvgIpc) is 3.54. The fourth-order valence-corrected chi connectivity index (χ4v) is 9.89. The Labute approximate surface area is 359 Å². The molecule has 1 aliphatic rings. The number of benzene rings is 6. The van der Waals surface area contributed by atoms with Gasteiger partial charge in [-0.15, -0.1) is 0 Å². The van der Waals surface area contributed by atoms with Crippen molar-refractivity contribution in [3.8, 4) is 45.1 Å². The Hall–Kier alpha value is -5.77. The molecule has 1 atom stereocenters. The molecule has 0 bridgehead atoms. The van der Waals surface area contributed by atoms with Crippen LogP contribution in [0.1, 0.15) is 55.5 Å². The van der Waals surface area contributed by atoms with Crippen LogP contribution in [0.3, 0.4) is 0 Å². The normalized spacial score (nSPS) is 14.1. The summed E-state index contributed by atoms with van der Waals surface area (Å²) in [6.07, 6.45) is 2.97. The second-order valence-electron chi connectivity index (χ2n) is 17.1. The van der Waals surface area contributed by atoms with Crippen molar-refractivity contribution in [2.45, 2.75) is 60.3 Å². The van der Waals surface area contributed by atoms with E-state index in [1.165, 1.54) is 55.8 Å². The molecule has 0 radical (unpaired) electrons. The van der Waals surface area contributed by atoms with Crippen LogP contribution in [0, 0.1) is 30.5 Å². The van der Waals surface area contributed by atoms with Crippen molar-refractivity contribution in [3.63, 3.8) is 0 Å². The zero-order chi connectivity index (χ0) is 41.0. The van der Waals surface area contributed by atoms with Gasteiger partial charge in [0.25, 0.3) is 0 Å². The van der Waals surface area contributed by atoms with Gasteiger partial charge in [0.05, 0.1) is 0 Å². The molecule has 5 nitrogen and oxygen atoms in total. The number of imidazole rings is 1. The van der Waals surface area contributed by atoms with Gasteiger partial charge in [-0.3, -0.25) is 0 Å². The van der Waals surface area contributed by atoms with Crippen LogP contribution in [0.4, 0.5) is 11.5 Å². The monoisotopic (exact) mass is 953 g/mol. The average molecular weight is 954 g/mol. The Balaban J connectivity index is 1.17. The number of fused-ring (bicyclic) bond motifs is 2. The minimum atomic E-state index is 0.0342. The van der Waals surface area contributed by atoms with E-state index >= 15 is 0 Å². The molecule has 0 saturated carbocycles. The topological polar surface area (TPSA) is 35.2 Å². The Kier molecular flexibility index (Phi) is 10.1. The number of hydrogen-bond acceptors (Lipinski definition) is 3. The first-order chi connectivity index (χ1) is 28.5. The van der Waals surface area contributed by atoms with E-state index in [4.69, 9.17) is 9.72 Å². The molecule has 3 heterocycles. The van der Waals surface area contributed by atoms with Gasteiger partial charge in [0.15, 0.2) is 0 Å². The Morgan fingerprint density at radius 3 is 1.90 bits per heavy atom. The van der Waals surface area contributed by atoms with Crippen LogP contribution in [0.15, 0.2) is 146 Å². The first kappa shape index (κ1) is 38.7. The fraction of sp³-hybridized carbons (Fsp3) is 0.208. The van der Waals surface area contributed by atoms with Crippen molar-refractivity contribution >= 4 is 22.5 Å². The van der Waals surface area contributed by atoms with E-state index < -0.39 is 0 Å². The predicted octanol–water partition coefficient (Wildman–Crippen LogP) is 13.6. The molecule has 0 N–H and O–H groups in total. The summed E-state index contributed by atoms with van der Waals surface area (Å²) in [6.45, 7) is 16.8. The number of pyridine rings is 1. The molecule has 0 amide bonds. The van der Waals surface area contributed by atoms with Gasteiger partial charge in [-0.1, -0.05) is 27.7 Å². The fourth-order valence-electron chi connectivity index (χ4n) is 8.80. The molecule has 0 saturated heterocycles. The van der Waals surface area contributed by atoms with Crippen LogP contribution < -0.4 is 9.64 Å². The standard InChI is InChI=1S/C53H50N4O.Pt/c1-35-29-41-25-26-45(32-48(41)55(33-35)49-30-42(27-28-54-49)53(5,6)7)58-44-22-16-21-43(31-44)56-34-57(47-24-15-14-23-46(47)56)52-50(39-17-10-8-11-18-39)37(3)36(2)38(4)51(52)40-19-12-9-13-20-40;/h8-28,30-32,35H,29,33H2,1-7H3;. The molecule has 59 heavy (non-hydrogen) atoms. The molecule has 0 aliphatic carbocycles. The molecule has 0 fully saturated rings. The molecule has 0 spiro atoms. The molecule has 298 valence electrons. The third kappa shape index (κ3) is 7.10. The molecule has 6 aromatic carbocycles. The summed E-state index contributed by atoms with van der Waals surface area (Å²) in [5.41, 5.74) is 17.0. The molecule has 1 aliphatic heterocycles. The second-order valence-corrected chi connectivity index (χ2v) is 18.1. The van der Waals surface area contributed by atoms with Crippen LogP contribution in [0.2, 0.25) is 0 Å². The van der Waals surface area contributed by atoms with E-state index in [0.717, 1.165) is 56.5 Å². The number of anilines is 2. The molecule has 8 aromatic rings. The molecule has 2 aromatic heterocycles. The first-order valence-corrected chi connectivity index (χ1v) is 21.7. The van der Waals surface area contributed by atoms with Crippen LogP contribution >= 0.6 is 0 Å². The van der Waals surface area contributed by atoms with E-state index in [9.17, 15) is 0 Å². The SMILES string of the molecule is Cc1c(C)c(-c2ccccc2)c(-n2[c](=[Pt])n(-c3cccc(Oc4ccc5c(c4)N(c4cc(C(C)(C)C)ccn4)CC(C)C5)c3)c3ccccc32)c(-c2ccccc2)c1C. The Morgan fingerprint density at radius 2 is 1.25 bits per heavy atom. The number of rotatable bonds is 7. The Morgan fingerprint density at radius 1 is 0.644 bits per heavy atom. The number of nitrogens with zero attached hydrogens (tertiary/aromatic N) is 4. The summed E-state index contributed by atoms with van der Waals surface area (Å²) in [6, 6.07) is 49.9. The zero-order valence-electron chi connectivity index (χ0n) is 34.9. The van der Waals surface area contributed by atoms with Crippen molar-refractivity contribution in [2.24, 2.45) is 5.92 Å². The van der Waals surface area contributed by atoms with Crippen molar-refractivity contribution in [3.05, 3.63) is 177 Å². The second kappa shape index (κ2) is 15.4. The number of para-hydroxylation sites is 2. The van der Waals surface area contributed by atoms with Gasteiger partial charge in [-0.25, -0.2) is 0 Å². The van der Waals surface area contributed by atoms with E-state index in [0.29, 0.717) is 5.92 Å². The van der Waals surface area contributed by atoms with Crippen molar-refractivity contribution in [1.82, 2.24) is 14.1 Å². The van der Waals surface area contributed by atoms with E-state index in [-0.39, 0.29) is 5.41 Å². The molecule has 9 rings (SSSR count). The molecule has 1 unspecified atom stereocenters. The van der Waals surface area contributed by atoms with E-state index in [1.807, 2.05) is 6.20 Å². The third-order valence-corrected chi connectivity index (χ3v) is 13.0. The summed E-state index contributed by atoms with van der Waals surface area (Å²) >= 11 is 2.53.